The fourth-order valence-corrected chi connectivity index (χ4v) is 5.86. The van der Waals surface area contributed by atoms with Gasteiger partial charge in [0.2, 0.25) is 5.91 Å². The topological polar surface area (TPSA) is 98.0 Å². The first kappa shape index (κ1) is 22.9. The Morgan fingerprint density at radius 3 is 2.46 bits per heavy atom. The molecule has 0 unspecified atom stereocenters. The summed E-state index contributed by atoms with van der Waals surface area (Å²) in [4.78, 5) is 58.2. The molecule has 0 fully saturated rings. The van der Waals surface area contributed by atoms with Gasteiger partial charge in [0.05, 0.1) is 29.6 Å². The van der Waals surface area contributed by atoms with Crippen molar-refractivity contribution in [2.75, 3.05) is 12.0 Å². The predicted octanol–water partition coefficient (Wildman–Crippen LogP) is 2.32. The van der Waals surface area contributed by atoms with E-state index in [1.165, 1.54) is 18.6 Å². The minimum absolute atomic E-state index is 0.123. The molecule has 8 nitrogen and oxygen atoms in total. The lowest BCUT2D eigenvalue weighted by Crippen LogP contribution is -2.41. The van der Waals surface area contributed by atoms with Crippen LogP contribution in [0.15, 0.2) is 69.6 Å². The van der Waals surface area contributed by atoms with Crippen LogP contribution in [-0.2, 0) is 19.1 Å². The first-order valence-corrected chi connectivity index (χ1v) is 11.8. The molecule has 2 amide bonds. The summed E-state index contributed by atoms with van der Waals surface area (Å²) in [6, 6.07) is 12.8. The quantitative estimate of drug-likeness (QED) is 0.496. The molecule has 3 aromatic rings. The van der Waals surface area contributed by atoms with Crippen molar-refractivity contribution in [3.8, 4) is 0 Å². The molecule has 2 aliphatic rings. The average molecular weight is 508 g/mol. The van der Waals surface area contributed by atoms with Crippen molar-refractivity contribution in [2.45, 2.75) is 19.9 Å². The van der Waals surface area contributed by atoms with Crippen molar-refractivity contribution in [3.05, 3.63) is 95.6 Å². The summed E-state index contributed by atoms with van der Waals surface area (Å²) in [5.41, 5.74) is 1.58. The number of ether oxygens (including phenoxy) is 1. The normalized spacial score (nSPS) is 18.2. The van der Waals surface area contributed by atoms with Crippen LogP contribution >= 0.6 is 22.9 Å². The van der Waals surface area contributed by atoms with E-state index in [1.807, 2.05) is 0 Å². The number of thiazole rings is 1. The van der Waals surface area contributed by atoms with Crippen molar-refractivity contribution >= 4 is 52.0 Å². The van der Waals surface area contributed by atoms with E-state index >= 15 is 0 Å². The number of allylic oxidation sites excluding steroid dienone is 1. The van der Waals surface area contributed by atoms with Gasteiger partial charge in [-0.05, 0) is 24.6 Å². The molecular formula is C25H18ClN3O5S. The third-order valence-corrected chi connectivity index (χ3v) is 7.37. The summed E-state index contributed by atoms with van der Waals surface area (Å²) in [5, 5.41) is 0.358. The lowest BCUT2D eigenvalue weighted by molar-refractivity contribution is -0.136. The van der Waals surface area contributed by atoms with Gasteiger partial charge in [-0.15, -0.1) is 0 Å². The number of amides is 2. The molecule has 5 rings (SSSR count). The van der Waals surface area contributed by atoms with E-state index in [1.54, 1.807) is 55.5 Å². The molecule has 0 aliphatic carbocycles. The smallest absolute Gasteiger partial charge is 0.338 e. The SMILES string of the molecule is COC(=O)C1=C(C)N=c2sc(=C3C(=O)N(C(C)=O)c4ccccc43)c(=O)n2[C@@H]1c1ccccc1Cl. The molecule has 1 aromatic heterocycles. The van der Waals surface area contributed by atoms with Gasteiger partial charge in [-0.25, -0.2) is 14.7 Å². The number of hydrogen-bond acceptors (Lipinski definition) is 7. The number of benzene rings is 2. The Bertz CT molecular complexity index is 1670. The summed E-state index contributed by atoms with van der Waals surface area (Å²) in [6.45, 7) is 2.95. The molecule has 35 heavy (non-hydrogen) atoms. The van der Waals surface area contributed by atoms with E-state index in [9.17, 15) is 19.2 Å². The van der Waals surface area contributed by atoms with Crippen molar-refractivity contribution in [1.82, 2.24) is 4.57 Å². The maximum atomic E-state index is 13.9. The highest BCUT2D eigenvalue weighted by Crippen LogP contribution is 2.36. The van der Waals surface area contributed by atoms with Gasteiger partial charge < -0.3 is 4.74 Å². The van der Waals surface area contributed by atoms with Gasteiger partial charge in [-0.1, -0.05) is 59.3 Å². The summed E-state index contributed by atoms with van der Waals surface area (Å²) in [7, 11) is 1.25. The van der Waals surface area contributed by atoms with Crippen LogP contribution in [0.4, 0.5) is 5.69 Å². The molecular weight excluding hydrogens is 490 g/mol. The Morgan fingerprint density at radius 2 is 1.77 bits per heavy atom. The highest BCUT2D eigenvalue weighted by Gasteiger charge is 2.38. The van der Waals surface area contributed by atoms with Crippen molar-refractivity contribution in [3.63, 3.8) is 0 Å². The van der Waals surface area contributed by atoms with Gasteiger partial charge in [0.15, 0.2) is 4.80 Å². The third kappa shape index (κ3) is 3.38. The van der Waals surface area contributed by atoms with Gasteiger partial charge in [0.25, 0.3) is 11.5 Å². The number of anilines is 1. The van der Waals surface area contributed by atoms with Gasteiger partial charge >= 0.3 is 5.97 Å². The van der Waals surface area contributed by atoms with E-state index in [2.05, 4.69) is 4.99 Å². The summed E-state index contributed by atoms with van der Waals surface area (Å²) < 4.78 is 6.49. The van der Waals surface area contributed by atoms with Crippen molar-refractivity contribution < 1.29 is 19.1 Å². The number of halogens is 1. The number of rotatable bonds is 2. The Balaban J connectivity index is 1.88. The maximum absolute atomic E-state index is 13.9. The fourth-order valence-electron chi connectivity index (χ4n) is 4.48. The average Bonchev–Trinajstić information content (AvgIpc) is 3.30. The van der Waals surface area contributed by atoms with Crippen LogP contribution in [0.5, 0.6) is 0 Å². The Morgan fingerprint density at radius 1 is 1.09 bits per heavy atom. The molecule has 0 saturated carbocycles. The molecule has 0 saturated heterocycles. The molecule has 0 radical (unpaired) electrons. The van der Waals surface area contributed by atoms with Crippen LogP contribution < -0.4 is 19.8 Å². The first-order chi connectivity index (χ1) is 16.8. The number of fused-ring (bicyclic) bond motifs is 2. The second-order valence-corrected chi connectivity index (χ2v) is 9.35. The largest absolute Gasteiger partial charge is 0.466 e. The molecule has 2 aromatic carbocycles. The zero-order chi connectivity index (χ0) is 25.0. The van der Waals surface area contributed by atoms with E-state index in [0.717, 1.165) is 16.2 Å². The van der Waals surface area contributed by atoms with Crippen molar-refractivity contribution in [2.24, 2.45) is 4.99 Å². The van der Waals surface area contributed by atoms with Crippen LogP contribution in [0.1, 0.15) is 31.0 Å². The Kier molecular flexibility index (Phi) is 5.53. The number of carbonyl (C=O) groups excluding carboxylic acids is 3. The number of para-hydroxylation sites is 1. The number of hydrogen-bond donors (Lipinski definition) is 0. The van der Waals surface area contributed by atoms with E-state index in [-0.39, 0.29) is 15.7 Å². The van der Waals surface area contributed by atoms with Gasteiger partial charge in [0.1, 0.15) is 10.6 Å². The molecule has 0 bridgehead atoms. The Labute approximate surface area is 208 Å². The van der Waals surface area contributed by atoms with Crippen molar-refractivity contribution in [1.29, 1.82) is 0 Å². The molecule has 2 aliphatic heterocycles. The number of carbonyl (C=O) groups is 3. The number of aromatic nitrogens is 1. The monoisotopic (exact) mass is 507 g/mol. The molecule has 0 N–H and O–H groups in total. The number of methoxy groups -OCH3 is 1. The predicted molar refractivity (Wildman–Crippen MR) is 131 cm³/mol. The summed E-state index contributed by atoms with van der Waals surface area (Å²) in [5.74, 6) is -1.68. The fraction of sp³-hybridized carbons (Fsp3) is 0.160. The first-order valence-electron chi connectivity index (χ1n) is 10.6. The van der Waals surface area contributed by atoms with E-state index in [4.69, 9.17) is 16.3 Å². The summed E-state index contributed by atoms with van der Waals surface area (Å²) in [6.07, 6.45) is 0. The zero-order valence-corrected chi connectivity index (χ0v) is 20.4. The van der Waals surface area contributed by atoms with Gasteiger partial charge in [-0.2, -0.15) is 0 Å². The van der Waals surface area contributed by atoms with Gasteiger partial charge in [-0.3, -0.25) is 19.0 Å². The third-order valence-electron chi connectivity index (χ3n) is 5.98. The minimum Gasteiger partial charge on any atom is -0.466 e. The standard InChI is InChI=1S/C25H18ClN3O5S/c1-12-18(24(33)34-3)20(14-8-4-6-10-16(14)26)29-23(32)21(35-25(29)27-12)19-15-9-5-7-11-17(15)28(13(2)30)22(19)31/h4-11,20H,1-3H3/t20-/m1/s1. The highest BCUT2D eigenvalue weighted by atomic mass is 35.5. The molecule has 3 heterocycles. The maximum Gasteiger partial charge on any atom is 0.338 e. The number of nitrogens with zero attached hydrogens (tertiary/aromatic N) is 3. The molecule has 0 spiro atoms. The van der Waals surface area contributed by atoms with E-state index in [0.29, 0.717) is 32.3 Å². The van der Waals surface area contributed by atoms with Crippen LogP contribution in [-0.4, -0.2) is 29.5 Å². The zero-order valence-electron chi connectivity index (χ0n) is 18.9. The number of imide groups is 1. The van der Waals surface area contributed by atoms with Crippen LogP contribution in [0, 0.1) is 0 Å². The highest BCUT2D eigenvalue weighted by molar-refractivity contribution is 7.07. The van der Waals surface area contributed by atoms with Crippen LogP contribution in [0.25, 0.3) is 5.57 Å². The van der Waals surface area contributed by atoms with Crippen LogP contribution in [0.2, 0.25) is 5.02 Å². The molecule has 1 atom stereocenters. The molecule has 10 heteroatoms. The number of esters is 1. The second kappa shape index (κ2) is 8.44. The van der Waals surface area contributed by atoms with E-state index < -0.39 is 29.4 Å². The Hall–Kier alpha value is -3.82. The van der Waals surface area contributed by atoms with Crippen LogP contribution in [0.3, 0.4) is 0 Å². The lowest BCUT2D eigenvalue weighted by Gasteiger charge is -2.25. The lowest BCUT2D eigenvalue weighted by atomic mass is 9.96. The second-order valence-electron chi connectivity index (χ2n) is 7.97. The minimum atomic E-state index is -0.905. The summed E-state index contributed by atoms with van der Waals surface area (Å²) >= 11 is 7.52. The van der Waals surface area contributed by atoms with Gasteiger partial charge in [0, 0.05) is 17.5 Å². The molecule has 176 valence electrons.